The highest BCUT2D eigenvalue weighted by Crippen LogP contribution is 2.10. The number of rotatable bonds is 1. The van der Waals surface area contributed by atoms with Crippen LogP contribution in [0.1, 0.15) is 5.69 Å². The van der Waals surface area contributed by atoms with Gasteiger partial charge in [0.05, 0.1) is 5.69 Å². The largest absolute Gasteiger partial charge is 0.325 e. The molecular weight excluding hydrogens is 317 g/mol. The first kappa shape index (κ1) is 15.4. The van der Waals surface area contributed by atoms with Crippen LogP contribution < -0.4 is 11.3 Å². The first-order chi connectivity index (χ1) is 6.70. The van der Waals surface area contributed by atoms with Crippen LogP contribution in [-0.4, -0.2) is 9.38 Å². The fourth-order valence-corrected chi connectivity index (χ4v) is 1.55. The maximum absolute atomic E-state index is 11.5. The second-order valence-electron chi connectivity index (χ2n) is 2.86. The van der Waals surface area contributed by atoms with Crippen molar-refractivity contribution < 1.29 is 0 Å². The van der Waals surface area contributed by atoms with E-state index in [1.54, 1.807) is 18.3 Å². The van der Waals surface area contributed by atoms with Crippen LogP contribution in [0.3, 0.4) is 0 Å². The Kier molecular flexibility index (Phi) is 5.96. The number of aromatic nitrogens is 2. The number of nitrogens with zero attached hydrogens (tertiary/aromatic N) is 2. The normalized spacial score (nSPS) is 9.38. The number of hydrogen-bond donors (Lipinski definition) is 1. The monoisotopic (exact) mass is 325 g/mol. The molecule has 0 bridgehead atoms. The molecule has 0 spiro atoms. The van der Waals surface area contributed by atoms with Gasteiger partial charge in [0.25, 0.3) is 5.56 Å². The van der Waals surface area contributed by atoms with Crippen LogP contribution in [-0.2, 0) is 6.54 Å². The maximum atomic E-state index is 11.5. The van der Waals surface area contributed by atoms with Crippen molar-refractivity contribution in [3.8, 4) is 0 Å². The second kappa shape index (κ2) is 6.20. The number of pyridine rings is 1. The van der Waals surface area contributed by atoms with E-state index in [1.807, 2.05) is 0 Å². The van der Waals surface area contributed by atoms with Gasteiger partial charge in [0.1, 0.15) is 5.65 Å². The zero-order valence-corrected chi connectivity index (χ0v) is 11.3. The Balaban J connectivity index is 0.00000112. The highest BCUT2D eigenvalue weighted by Gasteiger charge is 2.00. The van der Waals surface area contributed by atoms with Crippen molar-refractivity contribution in [1.29, 1.82) is 0 Å². The van der Waals surface area contributed by atoms with Crippen molar-refractivity contribution >= 4 is 46.4 Å². The second-order valence-corrected chi connectivity index (χ2v) is 3.78. The molecule has 0 saturated heterocycles. The maximum Gasteiger partial charge on any atom is 0.258 e. The molecule has 0 aliphatic rings. The smallest absolute Gasteiger partial charge is 0.258 e. The van der Waals surface area contributed by atoms with Crippen molar-refractivity contribution in [1.82, 2.24) is 9.38 Å². The Labute approximate surface area is 113 Å². The lowest BCUT2D eigenvalue weighted by atomic mass is 10.4. The van der Waals surface area contributed by atoms with Gasteiger partial charge in [0.15, 0.2) is 0 Å². The van der Waals surface area contributed by atoms with Crippen LogP contribution in [0.5, 0.6) is 0 Å². The molecule has 2 rings (SSSR count). The van der Waals surface area contributed by atoms with Crippen LogP contribution >= 0.6 is 40.7 Å². The first-order valence-corrected chi connectivity index (χ1v) is 4.88. The van der Waals surface area contributed by atoms with Crippen LogP contribution in [0.25, 0.3) is 5.65 Å². The number of nitrogens with two attached hydrogens (primary N) is 1. The number of hydrogen-bond acceptors (Lipinski definition) is 3. The van der Waals surface area contributed by atoms with E-state index in [4.69, 9.17) is 5.73 Å². The van der Waals surface area contributed by atoms with Gasteiger partial charge in [-0.15, -0.1) is 24.8 Å². The van der Waals surface area contributed by atoms with E-state index in [0.717, 1.165) is 4.47 Å². The average molecular weight is 327 g/mol. The van der Waals surface area contributed by atoms with E-state index in [-0.39, 0.29) is 36.9 Å². The highest BCUT2D eigenvalue weighted by molar-refractivity contribution is 9.10. The molecule has 7 heteroatoms. The van der Waals surface area contributed by atoms with Gasteiger partial charge in [0, 0.05) is 23.3 Å². The van der Waals surface area contributed by atoms with Gasteiger partial charge in [0.2, 0.25) is 0 Å². The van der Waals surface area contributed by atoms with Crippen LogP contribution in [0.4, 0.5) is 0 Å². The molecule has 2 N–H and O–H groups in total. The van der Waals surface area contributed by atoms with E-state index in [9.17, 15) is 4.79 Å². The molecule has 16 heavy (non-hydrogen) atoms. The predicted octanol–water partition coefficient (Wildman–Crippen LogP) is 1.76. The molecule has 0 atom stereocenters. The lowest BCUT2D eigenvalue weighted by molar-refractivity contribution is 0.942. The molecule has 0 fully saturated rings. The summed E-state index contributed by atoms with van der Waals surface area (Å²) in [6.07, 6.45) is 1.68. The van der Waals surface area contributed by atoms with Crippen molar-refractivity contribution in [2.45, 2.75) is 6.54 Å². The van der Waals surface area contributed by atoms with Gasteiger partial charge in [-0.1, -0.05) is 15.9 Å². The molecule has 2 heterocycles. The summed E-state index contributed by atoms with van der Waals surface area (Å²) >= 11 is 3.32. The molecule has 2 aromatic heterocycles. The van der Waals surface area contributed by atoms with Crippen LogP contribution in [0.2, 0.25) is 0 Å². The summed E-state index contributed by atoms with van der Waals surface area (Å²) in [4.78, 5) is 15.7. The van der Waals surface area contributed by atoms with E-state index in [2.05, 4.69) is 20.9 Å². The van der Waals surface area contributed by atoms with Gasteiger partial charge in [-0.2, -0.15) is 0 Å². The minimum absolute atomic E-state index is 0. The number of halogens is 3. The summed E-state index contributed by atoms with van der Waals surface area (Å²) in [5, 5.41) is 0. The highest BCUT2D eigenvalue weighted by atomic mass is 79.9. The lowest BCUT2D eigenvalue weighted by Crippen LogP contribution is -2.16. The Morgan fingerprint density at radius 1 is 1.38 bits per heavy atom. The Morgan fingerprint density at radius 3 is 2.69 bits per heavy atom. The number of fused-ring (bicyclic) bond motifs is 1. The average Bonchev–Trinajstić information content (AvgIpc) is 2.16. The summed E-state index contributed by atoms with van der Waals surface area (Å²) in [6, 6.07) is 5.01. The molecule has 0 unspecified atom stereocenters. The van der Waals surface area contributed by atoms with Crippen LogP contribution in [0, 0.1) is 0 Å². The summed E-state index contributed by atoms with van der Waals surface area (Å²) < 4.78 is 2.36. The predicted molar refractivity (Wildman–Crippen MR) is 71.5 cm³/mol. The zero-order chi connectivity index (χ0) is 10.1. The van der Waals surface area contributed by atoms with Crippen molar-refractivity contribution in [2.75, 3.05) is 0 Å². The topological polar surface area (TPSA) is 60.4 Å². The van der Waals surface area contributed by atoms with Gasteiger partial charge in [-0.3, -0.25) is 9.20 Å². The van der Waals surface area contributed by atoms with Gasteiger partial charge in [-0.25, -0.2) is 4.98 Å². The standard InChI is InChI=1S/C9H8BrN3O.2ClH/c10-6-1-2-13-8(3-6)12-7(5-11)4-9(13)14;;/h1-4H,5,11H2;2*1H. The lowest BCUT2D eigenvalue weighted by Gasteiger charge is -2.01. The molecule has 0 aliphatic heterocycles. The zero-order valence-electron chi connectivity index (χ0n) is 8.09. The third kappa shape index (κ3) is 2.95. The third-order valence-electron chi connectivity index (χ3n) is 1.89. The Bertz CT molecular complexity index is 544. The van der Waals surface area contributed by atoms with Crippen molar-refractivity contribution in [3.05, 3.63) is 44.9 Å². The van der Waals surface area contributed by atoms with E-state index in [1.165, 1.54) is 10.5 Å². The molecule has 0 saturated carbocycles. The molecular formula is C9H10BrCl2N3O. The summed E-state index contributed by atoms with van der Waals surface area (Å²) in [6.45, 7) is 0.276. The summed E-state index contributed by atoms with van der Waals surface area (Å²) in [7, 11) is 0. The van der Waals surface area contributed by atoms with Gasteiger partial charge >= 0.3 is 0 Å². The molecule has 0 aliphatic carbocycles. The molecule has 2 aromatic rings. The van der Waals surface area contributed by atoms with Gasteiger partial charge in [-0.05, 0) is 12.1 Å². The minimum Gasteiger partial charge on any atom is -0.325 e. The van der Waals surface area contributed by atoms with Gasteiger partial charge < -0.3 is 5.73 Å². The summed E-state index contributed by atoms with van der Waals surface area (Å²) in [5.41, 5.74) is 6.53. The van der Waals surface area contributed by atoms with E-state index in [0.29, 0.717) is 11.3 Å². The fraction of sp³-hybridized carbons (Fsp3) is 0.111. The van der Waals surface area contributed by atoms with Crippen molar-refractivity contribution in [2.24, 2.45) is 5.73 Å². The van der Waals surface area contributed by atoms with Crippen LogP contribution in [0.15, 0.2) is 33.7 Å². The first-order valence-electron chi connectivity index (χ1n) is 4.08. The Morgan fingerprint density at radius 2 is 2.06 bits per heavy atom. The summed E-state index contributed by atoms with van der Waals surface area (Å²) in [5.74, 6) is 0. The minimum atomic E-state index is -0.108. The Hall–Kier alpha value is -0.620. The molecule has 4 nitrogen and oxygen atoms in total. The molecule has 0 aromatic carbocycles. The van der Waals surface area contributed by atoms with Crippen molar-refractivity contribution in [3.63, 3.8) is 0 Å². The molecule has 0 radical (unpaired) electrons. The quantitative estimate of drug-likeness (QED) is 0.868. The van der Waals surface area contributed by atoms with E-state index >= 15 is 0 Å². The molecule has 88 valence electrons. The van der Waals surface area contributed by atoms with E-state index < -0.39 is 0 Å². The SMILES string of the molecule is Cl.Cl.NCc1cc(=O)n2ccc(Br)cc2n1. The fourth-order valence-electron chi connectivity index (χ4n) is 1.23. The molecule has 0 amide bonds. The third-order valence-corrected chi connectivity index (χ3v) is 2.38.